The molecule has 0 fully saturated rings. The smallest absolute Gasteiger partial charge is 0.462 e. The van der Waals surface area contributed by atoms with Crippen LogP contribution in [0.1, 0.15) is 117 Å². The third kappa shape index (κ3) is 24.1. The van der Waals surface area contributed by atoms with Gasteiger partial charge in [-0.1, -0.05) is 90.4 Å². The standard InChI is InChI=1S/C24H48NO8P/c1-3-4-5-6-7-8-9-10-11-12-13-14-15-16-17-24(27)31-20-23(33-21(2)26)18-22(25)19-32-34(28,29)30/h22-23H,3-20,25H2,1-2H3,(H2,28,29,30). The molecule has 202 valence electrons. The predicted octanol–water partition coefficient (Wildman–Crippen LogP) is 5.16. The number of carbonyl (C=O) groups excluding carboxylic acids is 2. The SMILES string of the molecule is CCCCCCCCCCCCCCCCC(=O)OCC(CC(N)COP(=O)(O)O)OC(C)=O. The maximum absolute atomic E-state index is 12.0. The first-order chi connectivity index (χ1) is 16.1. The van der Waals surface area contributed by atoms with Crippen LogP contribution in [-0.4, -0.2) is 47.1 Å². The molecule has 34 heavy (non-hydrogen) atoms. The summed E-state index contributed by atoms with van der Waals surface area (Å²) in [7, 11) is -4.63. The third-order valence-corrected chi connectivity index (χ3v) is 6.01. The first-order valence-corrected chi connectivity index (χ1v) is 14.5. The van der Waals surface area contributed by atoms with E-state index in [1.54, 1.807) is 0 Å². The molecule has 0 saturated heterocycles. The first-order valence-electron chi connectivity index (χ1n) is 12.9. The van der Waals surface area contributed by atoms with Gasteiger partial charge >= 0.3 is 19.8 Å². The highest BCUT2D eigenvalue weighted by atomic mass is 31.2. The Labute approximate surface area is 205 Å². The van der Waals surface area contributed by atoms with E-state index in [1.165, 1.54) is 77.6 Å². The lowest BCUT2D eigenvalue weighted by Crippen LogP contribution is -2.35. The Bertz CT molecular complexity index is 569. The van der Waals surface area contributed by atoms with Crippen molar-refractivity contribution in [2.45, 2.75) is 129 Å². The van der Waals surface area contributed by atoms with Gasteiger partial charge < -0.3 is 25.0 Å². The van der Waals surface area contributed by atoms with Crippen LogP contribution in [0.3, 0.4) is 0 Å². The van der Waals surface area contributed by atoms with Crippen LogP contribution in [0, 0.1) is 0 Å². The molecule has 0 saturated carbocycles. The summed E-state index contributed by atoms with van der Waals surface area (Å²) in [6.07, 6.45) is 16.9. The molecule has 0 aliphatic rings. The summed E-state index contributed by atoms with van der Waals surface area (Å²) in [5.41, 5.74) is 5.76. The lowest BCUT2D eigenvalue weighted by atomic mass is 10.0. The highest BCUT2D eigenvalue weighted by Crippen LogP contribution is 2.35. The van der Waals surface area contributed by atoms with Gasteiger partial charge in [-0.05, 0) is 6.42 Å². The van der Waals surface area contributed by atoms with Gasteiger partial charge in [0.25, 0.3) is 0 Å². The molecule has 0 aliphatic heterocycles. The molecule has 2 unspecified atom stereocenters. The number of hydrogen-bond donors (Lipinski definition) is 3. The van der Waals surface area contributed by atoms with E-state index in [1.807, 2.05) is 0 Å². The van der Waals surface area contributed by atoms with Crippen molar-refractivity contribution >= 4 is 19.8 Å². The Balaban J connectivity index is 3.78. The molecule has 0 bridgehead atoms. The first kappa shape index (κ1) is 33.0. The monoisotopic (exact) mass is 509 g/mol. The van der Waals surface area contributed by atoms with E-state index in [2.05, 4.69) is 11.4 Å². The molecule has 0 rings (SSSR count). The number of esters is 2. The van der Waals surface area contributed by atoms with E-state index >= 15 is 0 Å². The van der Waals surface area contributed by atoms with Crippen molar-refractivity contribution in [2.75, 3.05) is 13.2 Å². The van der Waals surface area contributed by atoms with Crippen LogP contribution < -0.4 is 5.73 Å². The van der Waals surface area contributed by atoms with Crippen molar-refractivity contribution < 1.29 is 37.9 Å². The van der Waals surface area contributed by atoms with Crippen molar-refractivity contribution in [1.29, 1.82) is 0 Å². The second kappa shape index (κ2) is 21.3. The zero-order chi connectivity index (χ0) is 25.7. The summed E-state index contributed by atoms with van der Waals surface area (Å²) >= 11 is 0. The molecule has 9 nitrogen and oxygen atoms in total. The minimum atomic E-state index is -4.63. The van der Waals surface area contributed by atoms with Gasteiger partial charge in [-0.2, -0.15) is 0 Å². The summed E-state index contributed by atoms with van der Waals surface area (Å²) in [5, 5.41) is 0. The summed E-state index contributed by atoms with van der Waals surface area (Å²) in [6.45, 7) is 2.91. The summed E-state index contributed by atoms with van der Waals surface area (Å²) in [4.78, 5) is 40.7. The Kier molecular flexibility index (Phi) is 20.7. The molecule has 0 aromatic rings. The Morgan fingerprint density at radius 3 is 1.74 bits per heavy atom. The van der Waals surface area contributed by atoms with Crippen LogP contribution >= 0.6 is 7.82 Å². The van der Waals surface area contributed by atoms with Gasteiger partial charge in [-0.3, -0.25) is 14.1 Å². The fourth-order valence-electron chi connectivity index (χ4n) is 3.71. The van der Waals surface area contributed by atoms with Crippen molar-refractivity contribution in [2.24, 2.45) is 5.73 Å². The lowest BCUT2D eigenvalue weighted by Gasteiger charge is -2.21. The quantitative estimate of drug-likeness (QED) is 0.0965. The normalized spacial score (nSPS) is 13.4. The molecular weight excluding hydrogens is 461 g/mol. The number of hydrogen-bond acceptors (Lipinski definition) is 7. The molecule has 0 amide bonds. The highest BCUT2D eigenvalue weighted by molar-refractivity contribution is 7.46. The Morgan fingerprint density at radius 2 is 1.29 bits per heavy atom. The highest BCUT2D eigenvalue weighted by Gasteiger charge is 2.22. The molecule has 0 heterocycles. The van der Waals surface area contributed by atoms with Gasteiger partial charge in [0.2, 0.25) is 0 Å². The lowest BCUT2D eigenvalue weighted by molar-refractivity contribution is -0.158. The molecule has 0 aliphatic carbocycles. The molecule has 2 atom stereocenters. The van der Waals surface area contributed by atoms with Gasteiger partial charge in [0.15, 0.2) is 0 Å². The van der Waals surface area contributed by atoms with E-state index in [-0.39, 0.29) is 19.0 Å². The largest absolute Gasteiger partial charge is 0.469 e. The topological polar surface area (TPSA) is 145 Å². The summed E-state index contributed by atoms with van der Waals surface area (Å²) in [5.74, 6) is -0.924. The van der Waals surface area contributed by atoms with Crippen LogP contribution in [0.5, 0.6) is 0 Å². The maximum Gasteiger partial charge on any atom is 0.469 e. The minimum absolute atomic E-state index is 0.0473. The van der Waals surface area contributed by atoms with Crippen molar-refractivity contribution in [3.63, 3.8) is 0 Å². The van der Waals surface area contributed by atoms with Gasteiger partial charge in [0.05, 0.1) is 6.61 Å². The van der Waals surface area contributed by atoms with E-state index in [9.17, 15) is 14.2 Å². The van der Waals surface area contributed by atoms with Gasteiger partial charge in [0, 0.05) is 25.8 Å². The minimum Gasteiger partial charge on any atom is -0.462 e. The fraction of sp³-hybridized carbons (Fsp3) is 0.917. The van der Waals surface area contributed by atoms with Crippen molar-refractivity contribution in [3.05, 3.63) is 0 Å². The average molecular weight is 510 g/mol. The predicted molar refractivity (Wildman–Crippen MR) is 132 cm³/mol. The van der Waals surface area contributed by atoms with Gasteiger partial charge in [-0.15, -0.1) is 0 Å². The van der Waals surface area contributed by atoms with E-state index in [4.69, 9.17) is 25.0 Å². The Hall–Kier alpha value is -0.990. The van der Waals surface area contributed by atoms with E-state index < -0.39 is 32.5 Å². The zero-order valence-corrected chi connectivity index (χ0v) is 22.1. The molecule has 0 spiro atoms. The van der Waals surface area contributed by atoms with Crippen molar-refractivity contribution in [3.8, 4) is 0 Å². The number of phosphoric acid groups is 1. The zero-order valence-electron chi connectivity index (χ0n) is 21.3. The second-order valence-corrected chi connectivity index (χ2v) is 10.3. The van der Waals surface area contributed by atoms with Crippen molar-refractivity contribution in [1.82, 2.24) is 0 Å². The molecule has 4 N–H and O–H groups in total. The number of ether oxygens (including phenoxy) is 2. The number of carbonyl (C=O) groups is 2. The summed E-state index contributed by atoms with van der Waals surface area (Å²) in [6, 6.07) is -0.790. The summed E-state index contributed by atoms with van der Waals surface area (Å²) < 4.78 is 25.4. The van der Waals surface area contributed by atoms with Crippen LogP contribution in [0.4, 0.5) is 0 Å². The maximum atomic E-state index is 12.0. The van der Waals surface area contributed by atoms with E-state index in [0.29, 0.717) is 6.42 Å². The second-order valence-electron chi connectivity index (χ2n) is 9.04. The number of rotatable bonds is 23. The molecule has 0 radical (unpaired) electrons. The third-order valence-electron chi connectivity index (χ3n) is 5.52. The number of unbranched alkanes of at least 4 members (excludes halogenated alkanes) is 13. The number of nitrogens with two attached hydrogens (primary N) is 1. The van der Waals surface area contributed by atoms with Crippen LogP contribution in [0.25, 0.3) is 0 Å². The average Bonchev–Trinajstić information content (AvgIpc) is 2.75. The number of phosphoric ester groups is 1. The fourth-order valence-corrected chi connectivity index (χ4v) is 4.09. The van der Waals surface area contributed by atoms with Crippen LogP contribution in [0.2, 0.25) is 0 Å². The Morgan fingerprint density at radius 1 is 0.824 bits per heavy atom. The molecule has 0 aromatic heterocycles. The molecule has 10 heteroatoms. The van der Waals surface area contributed by atoms with Gasteiger partial charge in [0.1, 0.15) is 12.7 Å². The van der Waals surface area contributed by atoms with Gasteiger partial charge in [-0.25, -0.2) is 4.57 Å². The molecular formula is C24H48NO8P. The van der Waals surface area contributed by atoms with Crippen LogP contribution in [-0.2, 0) is 28.2 Å². The van der Waals surface area contributed by atoms with Crippen LogP contribution in [0.15, 0.2) is 0 Å². The molecule has 0 aromatic carbocycles. The van der Waals surface area contributed by atoms with E-state index in [0.717, 1.165) is 19.3 Å².